The first kappa shape index (κ1) is 10.1. The van der Waals surface area contributed by atoms with Gasteiger partial charge in [-0.3, -0.25) is 4.79 Å². The quantitative estimate of drug-likeness (QED) is 0.741. The highest BCUT2D eigenvalue weighted by molar-refractivity contribution is 6.30. The van der Waals surface area contributed by atoms with Gasteiger partial charge in [-0.1, -0.05) is 23.7 Å². The smallest absolute Gasteiger partial charge is 0.207 e. The summed E-state index contributed by atoms with van der Waals surface area (Å²) in [5.74, 6) is 0. The Kier molecular flexibility index (Phi) is 2.94. The predicted octanol–water partition coefficient (Wildman–Crippen LogP) is 2.32. The molecule has 1 aromatic rings. The van der Waals surface area contributed by atoms with Crippen molar-refractivity contribution in [2.75, 3.05) is 0 Å². The van der Waals surface area contributed by atoms with Crippen molar-refractivity contribution in [1.82, 2.24) is 5.32 Å². The first-order valence-corrected chi connectivity index (χ1v) is 4.41. The van der Waals surface area contributed by atoms with Gasteiger partial charge in [0.15, 0.2) is 0 Å². The fourth-order valence-corrected chi connectivity index (χ4v) is 1.30. The van der Waals surface area contributed by atoms with E-state index in [1.54, 1.807) is 0 Å². The Hall–Kier alpha value is -1.02. The zero-order valence-corrected chi connectivity index (χ0v) is 8.43. The van der Waals surface area contributed by atoms with E-state index >= 15 is 0 Å². The lowest BCUT2D eigenvalue weighted by Gasteiger charge is -2.24. The number of carbonyl (C=O) groups is 1. The molecule has 0 aliphatic heterocycles. The zero-order chi connectivity index (χ0) is 9.90. The second-order valence-electron chi connectivity index (χ2n) is 3.40. The topological polar surface area (TPSA) is 29.1 Å². The molecule has 0 saturated heterocycles. The summed E-state index contributed by atoms with van der Waals surface area (Å²) in [4.78, 5) is 10.3. The summed E-state index contributed by atoms with van der Waals surface area (Å²) in [7, 11) is 0. The summed E-state index contributed by atoms with van der Waals surface area (Å²) in [6, 6.07) is 7.45. The van der Waals surface area contributed by atoms with Gasteiger partial charge < -0.3 is 5.32 Å². The average Bonchev–Trinajstić information content (AvgIpc) is 2.04. The largest absolute Gasteiger partial charge is 0.350 e. The fraction of sp³-hybridized carbons (Fsp3) is 0.300. The summed E-state index contributed by atoms with van der Waals surface area (Å²) in [5, 5.41) is 3.41. The molecule has 70 valence electrons. The van der Waals surface area contributed by atoms with Gasteiger partial charge in [-0.25, -0.2) is 0 Å². The van der Waals surface area contributed by atoms with Crippen molar-refractivity contribution < 1.29 is 4.79 Å². The molecule has 0 saturated carbocycles. The van der Waals surface area contributed by atoms with Crippen LogP contribution in [0, 0.1) is 0 Å². The van der Waals surface area contributed by atoms with E-state index in [1.807, 2.05) is 38.1 Å². The van der Waals surface area contributed by atoms with E-state index in [9.17, 15) is 4.79 Å². The van der Waals surface area contributed by atoms with Gasteiger partial charge in [-0.2, -0.15) is 0 Å². The molecule has 1 amide bonds. The Morgan fingerprint density at radius 2 is 2.15 bits per heavy atom. The van der Waals surface area contributed by atoms with Crippen LogP contribution >= 0.6 is 11.6 Å². The highest BCUT2D eigenvalue weighted by Gasteiger charge is 2.18. The Labute approximate surface area is 82.9 Å². The third kappa shape index (κ3) is 2.46. The minimum Gasteiger partial charge on any atom is -0.350 e. The van der Waals surface area contributed by atoms with E-state index in [1.165, 1.54) is 0 Å². The van der Waals surface area contributed by atoms with E-state index in [4.69, 9.17) is 11.6 Å². The standard InChI is InChI=1S/C10H12ClNO/c1-10(2,12-7-13)8-4-3-5-9(11)6-8/h3-7H,1-2H3,(H,12,13). The number of amides is 1. The van der Waals surface area contributed by atoms with Gasteiger partial charge >= 0.3 is 0 Å². The molecule has 1 rings (SSSR count). The van der Waals surface area contributed by atoms with Crippen molar-refractivity contribution in [2.45, 2.75) is 19.4 Å². The molecule has 1 aromatic carbocycles. The molecule has 0 fully saturated rings. The lowest BCUT2D eigenvalue weighted by molar-refractivity contribution is -0.111. The molecular formula is C10H12ClNO. The summed E-state index contributed by atoms with van der Waals surface area (Å²) >= 11 is 5.83. The predicted molar refractivity (Wildman–Crippen MR) is 53.7 cm³/mol. The molecule has 3 heteroatoms. The Balaban J connectivity index is 2.99. The minimum absolute atomic E-state index is 0.368. The van der Waals surface area contributed by atoms with E-state index < -0.39 is 0 Å². The van der Waals surface area contributed by atoms with Crippen LogP contribution in [-0.4, -0.2) is 6.41 Å². The van der Waals surface area contributed by atoms with Crippen LogP contribution < -0.4 is 5.32 Å². The maximum absolute atomic E-state index is 10.3. The van der Waals surface area contributed by atoms with Gasteiger partial charge in [-0.05, 0) is 31.5 Å². The molecule has 1 N–H and O–H groups in total. The highest BCUT2D eigenvalue weighted by Crippen LogP contribution is 2.22. The first-order chi connectivity index (χ1) is 6.06. The molecule has 0 unspecified atom stereocenters. The van der Waals surface area contributed by atoms with Crippen LogP contribution in [0.15, 0.2) is 24.3 Å². The number of halogens is 1. The average molecular weight is 198 g/mol. The SMILES string of the molecule is CC(C)(NC=O)c1cccc(Cl)c1. The van der Waals surface area contributed by atoms with E-state index in [2.05, 4.69) is 5.32 Å². The minimum atomic E-state index is -0.368. The van der Waals surface area contributed by atoms with E-state index in [-0.39, 0.29) is 5.54 Å². The summed E-state index contributed by atoms with van der Waals surface area (Å²) < 4.78 is 0. The fourth-order valence-electron chi connectivity index (χ4n) is 1.11. The van der Waals surface area contributed by atoms with Crippen molar-refractivity contribution >= 4 is 18.0 Å². The lowest BCUT2D eigenvalue weighted by Crippen LogP contribution is -2.35. The number of benzene rings is 1. The summed E-state index contributed by atoms with van der Waals surface area (Å²) in [5.41, 5.74) is 0.624. The molecule has 13 heavy (non-hydrogen) atoms. The van der Waals surface area contributed by atoms with Gasteiger partial charge in [0, 0.05) is 5.02 Å². The first-order valence-electron chi connectivity index (χ1n) is 4.03. The van der Waals surface area contributed by atoms with Crippen LogP contribution in [-0.2, 0) is 10.3 Å². The molecular weight excluding hydrogens is 186 g/mol. The molecule has 0 atom stereocenters. The van der Waals surface area contributed by atoms with Crippen LogP contribution in [0.4, 0.5) is 0 Å². The summed E-state index contributed by atoms with van der Waals surface area (Å²) in [6.45, 7) is 3.85. The number of carbonyl (C=O) groups excluding carboxylic acids is 1. The van der Waals surface area contributed by atoms with Crippen molar-refractivity contribution in [3.63, 3.8) is 0 Å². The Bertz CT molecular complexity index is 310. The van der Waals surface area contributed by atoms with Gasteiger partial charge in [0.2, 0.25) is 6.41 Å². The van der Waals surface area contributed by atoms with Crippen LogP contribution in [0.2, 0.25) is 5.02 Å². The third-order valence-corrected chi connectivity index (χ3v) is 2.20. The van der Waals surface area contributed by atoms with Crippen LogP contribution in [0.5, 0.6) is 0 Å². The number of rotatable bonds is 3. The second kappa shape index (κ2) is 3.79. The van der Waals surface area contributed by atoms with Gasteiger partial charge in [0.1, 0.15) is 0 Å². The number of hydrogen-bond donors (Lipinski definition) is 1. The van der Waals surface area contributed by atoms with Crippen molar-refractivity contribution in [2.24, 2.45) is 0 Å². The molecule has 2 nitrogen and oxygen atoms in total. The van der Waals surface area contributed by atoms with Crippen LogP contribution in [0.25, 0.3) is 0 Å². The lowest BCUT2D eigenvalue weighted by atomic mass is 9.95. The molecule has 0 aromatic heterocycles. The molecule has 0 aliphatic rings. The van der Waals surface area contributed by atoms with Crippen molar-refractivity contribution in [3.8, 4) is 0 Å². The van der Waals surface area contributed by atoms with Crippen molar-refractivity contribution in [3.05, 3.63) is 34.9 Å². The zero-order valence-electron chi connectivity index (χ0n) is 7.67. The molecule has 0 bridgehead atoms. The van der Waals surface area contributed by atoms with Gasteiger partial charge in [-0.15, -0.1) is 0 Å². The normalized spacial score (nSPS) is 11.0. The van der Waals surface area contributed by atoms with Crippen molar-refractivity contribution in [1.29, 1.82) is 0 Å². The molecule has 0 spiro atoms. The van der Waals surface area contributed by atoms with Gasteiger partial charge in [0.05, 0.1) is 5.54 Å². The second-order valence-corrected chi connectivity index (χ2v) is 3.83. The third-order valence-electron chi connectivity index (χ3n) is 1.97. The van der Waals surface area contributed by atoms with Crippen LogP contribution in [0.3, 0.4) is 0 Å². The Morgan fingerprint density at radius 3 is 2.69 bits per heavy atom. The van der Waals surface area contributed by atoms with Crippen LogP contribution in [0.1, 0.15) is 19.4 Å². The maximum Gasteiger partial charge on any atom is 0.207 e. The van der Waals surface area contributed by atoms with E-state index in [0.717, 1.165) is 5.56 Å². The monoisotopic (exact) mass is 197 g/mol. The van der Waals surface area contributed by atoms with E-state index in [0.29, 0.717) is 11.4 Å². The molecule has 0 aliphatic carbocycles. The highest BCUT2D eigenvalue weighted by atomic mass is 35.5. The summed E-state index contributed by atoms with van der Waals surface area (Å²) in [6.07, 6.45) is 0.695. The Morgan fingerprint density at radius 1 is 1.46 bits per heavy atom. The van der Waals surface area contributed by atoms with Gasteiger partial charge in [0.25, 0.3) is 0 Å². The number of nitrogens with one attached hydrogen (secondary N) is 1. The number of hydrogen-bond acceptors (Lipinski definition) is 1. The molecule has 0 heterocycles. The molecule has 0 radical (unpaired) electrons. The maximum atomic E-state index is 10.3.